The van der Waals surface area contributed by atoms with Gasteiger partial charge in [-0.1, -0.05) is 18.2 Å². The molecule has 2 aliphatic rings. The zero-order chi connectivity index (χ0) is 20.8. The standard InChI is InChI=1S/C23H31N5O2.HI/c1-17-16-28(10-12-29-17)22-6-4-19(14-26-22)15-27-23(24-2)25-9-7-18-3-5-21-20(13-18)8-11-30-21;/h3-6,13-14,17H,7-12,15-16H2,1-2H3,(H2,24,25,27);1H. The number of morpholine rings is 1. The Hall–Kier alpha value is -2.07. The summed E-state index contributed by atoms with van der Waals surface area (Å²) < 4.78 is 11.2. The predicted molar refractivity (Wildman–Crippen MR) is 135 cm³/mol. The summed E-state index contributed by atoms with van der Waals surface area (Å²) in [4.78, 5) is 11.2. The summed E-state index contributed by atoms with van der Waals surface area (Å²) in [5, 5.41) is 6.75. The van der Waals surface area contributed by atoms with Crippen molar-refractivity contribution >= 4 is 35.8 Å². The van der Waals surface area contributed by atoms with Gasteiger partial charge in [0.05, 0.1) is 19.3 Å². The zero-order valence-corrected chi connectivity index (χ0v) is 20.6. The largest absolute Gasteiger partial charge is 0.493 e. The molecule has 168 valence electrons. The number of nitrogens with one attached hydrogen (secondary N) is 2. The first-order valence-electron chi connectivity index (χ1n) is 10.7. The second-order valence-corrected chi connectivity index (χ2v) is 7.80. The van der Waals surface area contributed by atoms with Crippen LogP contribution in [0.2, 0.25) is 0 Å². The van der Waals surface area contributed by atoms with Crippen LogP contribution in [0.3, 0.4) is 0 Å². The van der Waals surface area contributed by atoms with E-state index < -0.39 is 0 Å². The minimum atomic E-state index is 0. The number of nitrogens with zero attached hydrogens (tertiary/aromatic N) is 3. The van der Waals surface area contributed by atoms with Crippen LogP contribution in [-0.2, 0) is 24.1 Å². The smallest absolute Gasteiger partial charge is 0.191 e. The van der Waals surface area contributed by atoms with Crippen LogP contribution in [0.1, 0.15) is 23.6 Å². The van der Waals surface area contributed by atoms with Gasteiger partial charge in [-0.05, 0) is 42.2 Å². The van der Waals surface area contributed by atoms with Crippen LogP contribution in [0.4, 0.5) is 5.82 Å². The molecule has 2 aromatic rings. The molecule has 7 nitrogen and oxygen atoms in total. The Balaban J connectivity index is 0.00000272. The van der Waals surface area contributed by atoms with Crippen LogP contribution in [-0.4, -0.2) is 56.9 Å². The third-order valence-electron chi connectivity index (χ3n) is 5.52. The van der Waals surface area contributed by atoms with E-state index in [1.807, 2.05) is 6.20 Å². The molecule has 0 aliphatic carbocycles. The van der Waals surface area contributed by atoms with E-state index in [0.717, 1.165) is 68.8 Å². The molecule has 1 aromatic heterocycles. The molecule has 3 heterocycles. The average Bonchev–Trinajstić information content (AvgIpc) is 3.24. The summed E-state index contributed by atoms with van der Waals surface area (Å²) in [6.45, 7) is 6.94. The normalized spacial score (nSPS) is 18.1. The van der Waals surface area contributed by atoms with Crippen molar-refractivity contribution in [3.8, 4) is 5.75 Å². The fraction of sp³-hybridized carbons (Fsp3) is 0.478. The van der Waals surface area contributed by atoms with E-state index in [0.29, 0.717) is 6.54 Å². The minimum Gasteiger partial charge on any atom is -0.493 e. The minimum absolute atomic E-state index is 0. The quantitative estimate of drug-likeness (QED) is 0.336. The predicted octanol–water partition coefficient (Wildman–Crippen LogP) is 2.77. The van der Waals surface area contributed by atoms with Gasteiger partial charge < -0.3 is 25.0 Å². The molecular formula is C23H32IN5O2. The first-order valence-corrected chi connectivity index (χ1v) is 10.7. The van der Waals surface area contributed by atoms with Crippen LogP contribution in [0.25, 0.3) is 0 Å². The van der Waals surface area contributed by atoms with Crippen molar-refractivity contribution in [2.45, 2.75) is 32.4 Å². The van der Waals surface area contributed by atoms with Crippen molar-refractivity contribution < 1.29 is 9.47 Å². The molecule has 4 rings (SSSR count). The molecule has 8 heteroatoms. The molecule has 0 radical (unpaired) electrons. The number of benzene rings is 1. The van der Waals surface area contributed by atoms with Crippen molar-refractivity contribution in [1.29, 1.82) is 0 Å². The highest BCUT2D eigenvalue weighted by molar-refractivity contribution is 14.0. The number of rotatable bonds is 6. The lowest BCUT2D eigenvalue weighted by molar-refractivity contribution is 0.0529. The van der Waals surface area contributed by atoms with Crippen LogP contribution >= 0.6 is 24.0 Å². The number of ether oxygens (including phenoxy) is 2. The number of hydrogen-bond donors (Lipinski definition) is 2. The fourth-order valence-electron chi connectivity index (χ4n) is 3.86. The molecular weight excluding hydrogens is 505 g/mol. The Kier molecular flexibility index (Phi) is 8.77. The molecule has 0 amide bonds. The summed E-state index contributed by atoms with van der Waals surface area (Å²) in [7, 11) is 1.79. The van der Waals surface area contributed by atoms with E-state index >= 15 is 0 Å². The summed E-state index contributed by atoms with van der Waals surface area (Å²) >= 11 is 0. The fourth-order valence-corrected chi connectivity index (χ4v) is 3.86. The number of anilines is 1. The highest BCUT2D eigenvalue weighted by atomic mass is 127. The SMILES string of the molecule is CN=C(NCCc1ccc2c(c1)CCO2)NCc1ccc(N2CCOC(C)C2)nc1.I. The number of halogens is 1. The Morgan fingerprint density at radius 3 is 2.84 bits per heavy atom. The van der Waals surface area contributed by atoms with Gasteiger partial charge in [0.25, 0.3) is 0 Å². The van der Waals surface area contributed by atoms with Crippen molar-refractivity contribution in [2.24, 2.45) is 4.99 Å². The molecule has 1 atom stereocenters. The van der Waals surface area contributed by atoms with Crippen molar-refractivity contribution in [3.05, 3.63) is 53.2 Å². The van der Waals surface area contributed by atoms with Gasteiger partial charge in [-0.25, -0.2) is 4.98 Å². The van der Waals surface area contributed by atoms with Gasteiger partial charge in [0.2, 0.25) is 0 Å². The second-order valence-electron chi connectivity index (χ2n) is 7.80. The van der Waals surface area contributed by atoms with E-state index in [1.54, 1.807) is 7.05 Å². The first-order chi connectivity index (χ1) is 14.7. The van der Waals surface area contributed by atoms with Gasteiger partial charge in [0.1, 0.15) is 11.6 Å². The summed E-state index contributed by atoms with van der Waals surface area (Å²) in [5.74, 6) is 2.84. The van der Waals surface area contributed by atoms with Gasteiger partial charge in [-0.3, -0.25) is 4.99 Å². The van der Waals surface area contributed by atoms with Crippen molar-refractivity contribution in [2.75, 3.05) is 44.8 Å². The van der Waals surface area contributed by atoms with E-state index in [1.165, 1.54) is 11.1 Å². The molecule has 1 saturated heterocycles. The van der Waals surface area contributed by atoms with Crippen LogP contribution < -0.4 is 20.3 Å². The molecule has 2 N–H and O–H groups in total. The maximum atomic E-state index is 5.61. The van der Waals surface area contributed by atoms with Gasteiger partial charge >= 0.3 is 0 Å². The molecule has 0 bridgehead atoms. The molecule has 1 unspecified atom stereocenters. The van der Waals surface area contributed by atoms with Crippen molar-refractivity contribution in [1.82, 2.24) is 15.6 Å². The van der Waals surface area contributed by atoms with E-state index in [4.69, 9.17) is 9.47 Å². The Morgan fingerprint density at radius 2 is 2.06 bits per heavy atom. The maximum Gasteiger partial charge on any atom is 0.191 e. The number of fused-ring (bicyclic) bond motifs is 1. The number of aliphatic imine (C=N–C) groups is 1. The number of guanidine groups is 1. The van der Waals surface area contributed by atoms with E-state index in [9.17, 15) is 0 Å². The third-order valence-corrected chi connectivity index (χ3v) is 5.52. The Morgan fingerprint density at radius 1 is 1.19 bits per heavy atom. The second kappa shape index (κ2) is 11.5. The van der Waals surface area contributed by atoms with Gasteiger partial charge in [-0.15, -0.1) is 24.0 Å². The topological polar surface area (TPSA) is 71.0 Å². The number of aromatic nitrogens is 1. The number of pyridine rings is 1. The Bertz CT molecular complexity index is 875. The van der Waals surface area contributed by atoms with Crippen LogP contribution in [0.15, 0.2) is 41.5 Å². The van der Waals surface area contributed by atoms with Crippen LogP contribution in [0.5, 0.6) is 5.75 Å². The zero-order valence-electron chi connectivity index (χ0n) is 18.3. The summed E-state index contributed by atoms with van der Waals surface area (Å²) in [6.07, 6.45) is 4.14. The molecule has 1 fully saturated rings. The lowest BCUT2D eigenvalue weighted by Gasteiger charge is -2.32. The van der Waals surface area contributed by atoms with E-state index in [2.05, 4.69) is 62.8 Å². The maximum absolute atomic E-state index is 5.61. The lowest BCUT2D eigenvalue weighted by atomic mass is 10.1. The lowest BCUT2D eigenvalue weighted by Crippen LogP contribution is -2.41. The monoisotopic (exact) mass is 537 g/mol. The molecule has 2 aliphatic heterocycles. The molecule has 1 aromatic carbocycles. The van der Waals surface area contributed by atoms with Gasteiger partial charge in [0, 0.05) is 45.8 Å². The molecule has 0 saturated carbocycles. The highest BCUT2D eigenvalue weighted by Gasteiger charge is 2.17. The molecule has 31 heavy (non-hydrogen) atoms. The van der Waals surface area contributed by atoms with Crippen LogP contribution in [0, 0.1) is 0 Å². The summed E-state index contributed by atoms with van der Waals surface area (Å²) in [5.41, 5.74) is 3.76. The first kappa shape index (κ1) is 23.6. The highest BCUT2D eigenvalue weighted by Crippen LogP contribution is 2.25. The molecule has 0 spiro atoms. The van der Waals surface area contributed by atoms with Gasteiger partial charge in [-0.2, -0.15) is 0 Å². The third kappa shape index (κ3) is 6.46. The Labute approximate surface area is 201 Å². The van der Waals surface area contributed by atoms with Gasteiger partial charge in [0.15, 0.2) is 5.96 Å². The number of hydrogen-bond acceptors (Lipinski definition) is 5. The van der Waals surface area contributed by atoms with E-state index in [-0.39, 0.29) is 30.1 Å². The summed E-state index contributed by atoms with van der Waals surface area (Å²) in [6, 6.07) is 10.7. The van der Waals surface area contributed by atoms with Crippen molar-refractivity contribution in [3.63, 3.8) is 0 Å². The average molecular weight is 537 g/mol.